The highest BCUT2D eigenvalue weighted by Crippen LogP contribution is 2.20. The first-order chi connectivity index (χ1) is 7.22. The maximum Gasteiger partial charge on any atom is 0.105 e. The first-order valence-corrected chi connectivity index (χ1v) is 6.09. The summed E-state index contributed by atoms with van der Waals surface area (Å²) in [5.74, 6) is 0.715. The number of thiocarbonyl (C=S) groups is 1. The second-order valence-corrected chi connectivity index (χ2v) is 4.09. The van der Waals surface area contributed by atoms with E-state index in [1.165, 1.54) is 32.3 Å². The Bertz CT molecular complexity index is 196. The lowest BCUT2D eigenvalue weighted by molar-refractivity contribution is 0.223. The van der Waals surface area contributed by atoms with Gasteiger partial charge in [0.15, 0.2) is 0 Å². The van der Waals surface area contributed by atoms with E-state index in [0.717, 1.165) is 11.4 Å². The SMILES string of the molecule is CC.CN1CCC(CC(=S)N=CN)CC1. The highest BCUT2D eigenvalue weighted by atomic mass is 32.1. The fourth-order valence-corrected chi connectivity index (χ4v) is 1.95. The lowest BCUT2D eigenvalue weighted by Crippen LogP contribution is -2.30. The summed E-state index contributed by atoms with van der Waals surface area (Å²) in [5.41, 5.74) is 5.17. The molecule has 0 radical (unpaired) electrons. The normalized spacial score (nSPS) is 18.6. The summed E-state index contributed by atoms with van der Waals surface area (Å²) >= 11 is 5.07. The van der Waals surface area contributed by atoms with Gasteiger partial charge >= 0.3 is 0 Å². The van der Waals surface area contributed by atoms with Crippen LogP contribution in [0.2, 0.25) is 0 Å². The zero-order valence-electron chi connectivity index (χ0n) is 10.1. The zero-order chi connectivity index (χ0) is 11.7. The second kappa shape index (κ2) is 8.80. The van der Waals surface area contributed by atoms with Crippen LogP contribution in [0.15, 0.2) is 4.99 Å². The van der Waals surface area contributed by atoms with Crippen molar-refractivity contribution >= 4 is 23.5 Å². The van der Waals surface area contributed by atoms with Crippen molar-refractivity contribution < 1.29 is 0 Å². The van der Waals surface area contributed by atoms with E-state index in [2.05, 4.69) is 16.9 Å². The highest BCUT2D eigenvalue weighted by Gasteiger charge is 2.17. The van der Waals surface area contributed by atoms with Crippen LogP contribution in [0.4, 0.5) is 0 Å². The Kier molecular flexibility index (Phi) is 8.52. The van der Waals surface area contributed by atoms with E-state index in [-0.39, 0.29) is 0 Å². The monoisotopic (exact) mass is 229 g/mol. The first-order valence-electron chi connectivity index (χ1n) is 5.68. The van der Waals surface area contributed by atoms with Crippen LogP contribution >= 0.6 is 12.2 Å². The molecular formula is C11H23N3S. The average molecular weight is 229 g/mol. The van der Waals surface area contributed by atoms with Gasteiger partial charge in [-0.3, -0.25) is 0 Å². The molecule has 15 heavy (non-hydrogen) atoms. The minimum absolute atomic E-state index is 0.715. The molecule has 0 spiro atoms. The first kappa shape index (κ1) is 14.5. The van der Waals surface area contributed by atoms with Gasteiger partial charge in [-0.15, -0.1) is 0 Å². The molecule has 0 atom stereocenters. The van der Waals surface area contributed by atoms with Crippen LogP contribution < -0.4 is 5.73 Å². The van der Waals surface area contributed by atoms with Crippen LogP contribution in [0, 0.1) is 5.92 Å². The van der Waals surface area contributed by atoms with E-state index in [4.69, 9.17) is 18.0 Å². The van der Waals surface area contributed by atoms with Gasteiger partial charge in [0.05, 0.1) is 6.34 Å². The lowest BCUT2D eigenvalue weighted by Gasteiger charge is -2.28. The Morgan fingerprint density at radius 2 is 2.00 bits per heavy atom. The zero-order valence-corrected chi connectivity index (χ0v) is 10.9. The Hall–Kier alpha value is -0.480. The molecule has 0 aromatic rings. The summed E-state index contributed by atoms with van der Waals surface area (Å²) in [4.78, 5) is 7.01. The van der Waals surface area contributed by atoms with E-state index >= 15 is 0 Å². The molecule has 0 aliphatic carbocycles. The van der Waals surface area contributed by atoms with Crippen LogP contribution in [0.3, 0.4) is 0 Å². The molecule has 2 N–H and O–H groups in total. The van der Waals surface area contributed by atoms with E-state index in [1.54, 1.807) is 0 Å². The van der Waals surface area contributed by atoms with Gasteiger partial charge in [0.1, 0.15) is 4.99 Å². The fourth-order valence-electron chi connectivity index (χ4n) is 1.65. The molecule has 1 rings (SSSR count). The van der Waals surface area contributed by atoms with Crippen molar-refractivity contribution in [2.75, 3.05) is 20.1 Å². The molecule has 0 amide bonds. The fraction of sp³-hybridized carbons (Fsp3) is 0.818. The van der Waals surface area contributed by atoms with Crippen LogP contribution in [0.5, 0.6) is 0 Å². The van der Waals surface area contributed by atoms with Crippen LogP contribution in [-0.4, -0.2) is 36.4 Å². The molecule has 1 aliphatic rings. The molecule has 0 aromatic carbocycles. The van der Waals surface area contributed by atoms with Crippen molar-refractivity contribution in [1.82, 2.24) is 4.90 Å². The summed E-state index contributed by atoms with van der Waals surface area (Å²) < 4.78 is 0. The van der Waals surface area contributed by atoms with Gasteiger partial charge in [-0.1, -0.05) is 26.1 Å². The van der Waals surface area contributed by atoms with E-state index in [1.807, 2.05) is 13.8 Å². The summed E-state index contributed by atoms with van der Waals surface area (Å²) in [5, 5.41) is 0. The maximum absolute atomic E-state index is 5.17. The molecule has 1 saturated heterocycles. The third-order valence-corrected chi connectivity index (χ3v) is 2.79. The van der Waals surface area contributed by atoms with Crippen LogP contribution in [0.25, 0.3) is 0 Å². The van der Waals surface area contributed by atoms with Gasteiger partial charge in [-0.2, -0.15) is 0 Å². The van der Waals surface area contributed by atoms with Gasteiger partial charge in [0, 0.05) is 6.42 Å². The van der Waals surface area contributed by atoms with E-state index in [0.29, 0.717) is 5.92 Å². The molecule has 0 aromatic heterocycles. The number of piperidine rings is 1. The molecule has 3 nitrogen and oxygen atoms in total. The minimum Gasteiger partial charge on any atom is -0.390 e. The van der Waals surface area contributed by atoms with E-state index < -0.39 is 0 Å². The lowest BCUT2D eigenvalue weighted by atomic mass is 9.94. The summed E-state index contributed by atoms with van der Waals surface area (Å²) in [6.45, 7) is 6.36. The number of nitrogens with zero attached hydrogens (tertiary/aromatic N) is 2. The predicted molar refractivity (Wildman–Crippen MR) is 71.5 cm³/mol. The third kappa shape index (κ3) is 6.57. The minimum atomic E-state index is 0.715. The maximum atomic E-state index is 5.17. The van der Waals surface area contributed by atoms with Crippen molar-refractivity contribution in [2.24, 2.45) is 16.6 Å². The Balaban J connectivity index is 0.000000921. The van der Waals surface area contributed by atoms with Crippen molar-refractivity contribution in [3.63, 3.8) is 0 Å². The largest absolute Gasteiger partial charge is 0.390 e. The smallest absolute Gasteiger partial charge is 0.105 e. The molecule has 1 aliphatic heterocycles. The summed E-state index contributed by atoms with van der Waals surface area (Å²) in [6.07, 6.45) is 4.68. The summed E-state index contributed by atoms with van der Waals surface area (Å²) in [7, 11) is 2.16. The molecule has 88 valence electrons. The second-order valence-electron chi connectivity index (χ2n) is 3.62. The summed E-state index contributed by atoms with van der Waals surface area (Å²) in [6, 6.07) is 0. The van der Waals surface area contributed by atoms with Gasteiger partial charge < -0.3 is 10.6 Å². The topological polar surface area (TPSA) is 41.6 Å². The van der Waals surface area contributed by atoms with Gasteiger partial charge in [-0.05, 0) is 38.9 Å². The van der Waals surface area contributed by atoms with Gasteiger partial charge in [0.25, 0.3) is 0 Å². The Labute approximate surface area is 98.7 Å². The Morgan fingerprint density at radius 1 is 1.47 bits per heavy atom. The highest BCUT2D eigenvalue weighted by molar-refractivity contribution is 7.80. The number of rotatable bonds is 2. The molecule has 1 fully saturated rings. The van der Waals surface area contributed by atoms with Crippen molar-refractivity contribution in [3.05, 3.63) is 0 Å². The quantitative estimate of drug-likeness (QED) is 0.448. The molecule has 0 saturated carbocycles. The number of aliphatic imine (C=N–C) groups is 1. The number of nitrogens with two attached hydrogens (primary N) is 1. The number of hydrogen-bond donors (Lipinski definition) is 1. The van der Waals surface area contributed by atoms with Crippen LogP contribution in [0.1, 0.15) is 33.1 Å². The Morgan fingerprint density at radius 3 is 2.47 bits per heavy atom. The number of hydrogen-bond acceptors (Lipinski definition) is 2. The molecular weight excluding hydrogens is 206 g/mol. The van der Waals surface area contributed by atoms with Crippen molar-refractivity contribution in [1.29, 1.82) is 0 Å². The van der Waals surface area contributed by atoms with E-state index in [9.17, 15) is 0 Å². The third-order valence-electron chi connectivity index (χ3n) is 2.52. The number of likely N-dealkylation sites (tertiary alicyclic amines) is 1. The van der Waals surface area contributed by atoms with Crippen molar-refractivity contribution in [3.8, 4) is 0 Å². The predicted octanol–water partition coefficient (Wildman–Crippen LogP) is 2.06. The molecule has 0 unspecified atom stereocenters. The van der Waals surface area contributed by atoms with Gasteiger partial charge in [0.2, 0.25) is 0 Å². The molecule has 1 heterocycles. The average Bonchev–Trinajstić information content (AvgIpc) is 2.25. The van der Waals surface area contributed by atoms with Crippen LogP contribution in [-0.2, 0) is 0 Å². The molecule has 4 heteroatoms. The standard InChI is InChI=1S/C9H17N3S.C2H6/c1-12-4-2-8(3-5-12)6-9(13)11-7-10;1-2/h7-8H,2-6H2,1H3,(H2,10,11,13);1-2H3. The van der Waals surface area contributed by atoms with Gasteiger partial charge in [-0.25, -0.2) is 4.99 Å². The molecule has 0 bridgehead atoms. The van der Waals surface area contributed by atoms with Crippen molar-refractivity contribution in [2.45, 2.75) is 33.1 Å².